The summed E-state index contributed by atoms with van der Waals surface area (Å²) in [7, 11) is 0. The summed E-state index contributed by atoms with van der Waals surface area (Å²) in [6, 6.07) is 9.92. The monoisotopic (exact) mass is 302 g/mol. The van der Waals surface area contributed by atoms with Crippen molar-refractivity contribution in [3.05, 3.63) is 61.8 Å². The molecule has 3 rings (SSSR count). The van der Waals surface area contributed by atoms with Crippen molar-refractivity contribution in [2.24, 2.45) is 5.92 Å². The third-order valence-electron chi connectivity index (χ3n) is 4.07. The molecule has 5 heteroatoms. The quantitative estimate of drug-likeness (QED) is 0.642. The van der Waals surface area contributed by atoms with Crippen LogP contribution in [0.25, 0.3) is 0 Å². The summed E-state index contributed by atoms with van der Waals surface area (Å²) >= 11 is 1.78. The lowest BCUT2D eigenvalue weighted by Gasteiger charge is -2.17. The van der Waals surface area contributed by atoms with E-state index in [2.05, 4.69) is 22.8 Å². The summed E-state index contributed by atoms with van der Waals surface area (Å²) in [6.45, 7) is 2.50. The zero-order valence-corrected chi connectivity index (χ0v) is 12.7. The first-order valence-electron chi connectivity index (χ1n) is 7.16. The smallest absolute Gasteiger partial charge is 0.272 e. The number of nitro benzene ring substituents is 1. The molecular formula is C16H18N2O2S. The van der Waals surface area contributed by atoms with Gasteiger partial charge in [0.15, 0.2) is 0 Å². The molecule has 1 aliphatic rings. The van der Waals surface area contributed by atoms with E-state index >= 15 is 0 Å². The summed E-state index contributed by atoms with van der Waals surface area (Å²) in [5.74, 6) is 0.711. The standard InChI is InChI=1S/C16H18N2O2S/c1-11-13(4-2-5-14(11)18(19)20)10-17-16(12-7-8-12)15-6-3-9-21-15/h2-6,9,12,16-17H,7-8,10H2,1H3. The molecule has 1 saturated carbocycles. The highest BCUT2D eigenvalue weighted by Crippen LogP contribution is 2.42. The molecule has 2 aromatic rings. The van der Waals surface area contributed by atoms with Crippen molar-refractivity contribution in [3.8, 4) is 0 Å². The van der Waals surface area contributed by atoms with Gasteiger partial charge in [-0.15, -0.1) is 11.3 Å². The Labute approximate surface area is 128 Å². The van der Waals surface area contributed by atoms with Gasteiger partial charge >= 0.3 is 0 Å². The molecule has 0 aliphatic heterocycles. The summed E-state index contributed by atoms with van der Waals surface area (Å²) < 4.78 is 0. The molecule has 1 heterocycles. The SMILES string of the molecule is Cc1c(CNC(c2cccs2)C2CC2)cccc1[N+](=O)[O-]. The highest BCUT2D eigenvalue weighted by atomic mass is 32.1. The molecule has 1 N–H and O–H groups in total. The van der Waals surface area contributed by atoms with Crippen molar-refractivity contribution in [3.63, 3.8) is 0 Å². The van der Waals surface area contributed by atoms with Gasteiger partial charge in [-0.2, -0.15) is 0 Å². The molecule has 1 atom stereocenters. The van der Waals surface area contributed by atoms with Crippen molar-refractivity contribution < 1.29 is 4.92 Å². The van der Waals surface area contributed by atoms with Crippen molar-refractivity contribution in [2.75, 3.05) is 0 Å². The molecule has 110 valence electrons. The van der Waals surface area contributed by atoms with Gasteiger partial charge in [-0.25, -0.2) is 0 Å². The molecule has 0 radical (unpaired) electrons. The van der Waals surface area contributed by atoms with E-state index < -0.39 is 0 Å². The zero-order chi connectivity index (χ0) is 14.8. The van der Waals surface area contributed by atoms with Gasteiger partial charge in [0.05, 0.1) is 4.92 Å². The average molecular weight is 302 g/mol. The molecule has 0 saturated heterocycles. The topological polar surface area (TPSA) is 55.2 Å². The Bertz CT molecular complexity index is 636. The van der Waals surface area contributed by atoms with Crippen LogP contribution in [0.1, 0.15) is 34.9 Å². The first-order chi connectivity index (χ1) is 10.2. The molecule has 0 spiro atoms. The van der Waals surface area contributed by atoms with Gasteiger partial charge in [-0.05, 0) is 42.7 Å². The molecule has 0 bridgehead atoms. The van der Waals surface area contributed by atoms with Crippen LogP contribution >= 0.6 is 11.3 Å². The van der Waals surface area contributed by atoms with Crippen molar-refractivity contribution in [2.45, 2.75) is 32.4 Å². The molecule has 1 aliphatic carbocycles. The summed E-state index contributed by atoms with van der Waals surface area (Å²) in [5, 5.41) is 16.7. The van der Waals surface area contributed by atoms with Gasteiger partial charge in [0.1, 0.15) is 0 Å². The van der Waals surface area contributed by atoms with E-state index in [-0.39, 0.29) is 10.6 Å². The molecule has 1 aromatic heterocycles. The maximum atomic E-state index is 11.0. The van der Waals surface area contributed by atoms with Gasteiger partial charge in [0.25, 0.3) is 5.69 Å². The number of nitrogens with one attached hydrogen (secondary N) is 1. The maximum Gasteiger partial charge on any atom is 0.272 e. The maximum absolute atomic E-state index is 11.0. The van der Waals surface area contributed by atoms with E-state index in [4.69, 9.17) is 0 Å². The van der Waals surface area contributed by atoms with E-state index in [9.17, 15) is 10.1 Å². The van der Waals surface area contributed by atoms with Gasteiger partial charge in [0, 0.05) is 29.1 Å². The lowest BCUT2D eigenvalue weighted by molar-refractivity contribution is -0.385. The number of rotatable bonds is 6. The third-order valence-corrected chi connectivity index (χ3v) is 5.03. The molecular weight excluding hydrogens is 284 g/mol. The predicted octanol–water partition coefficient (Wildman–Crippen LogP) is 4.21. The zero-order valence-electron chi connectivity index (χ0n) is 11.9. The Morgan fingerprint density at radius 2 is 2.19 bits per heavy atom. The van der Waals surface area contributed by atoms with Gasteiger partial charge in [-0.1, -0.05) is 18.2 Å². The molecule has 4 nitrogen and oxygen atoms in total. The minimum absolute atomic E-state index is 0.202. The number of nitro groups is 1. The van der Waals surface area contributed by atoms with Crippen molar-refractivity contribution in [1.82, 2.24) is 5.32 Å². The van der Waals surface area contributed by atoms with Crippen LogP contribution in [0.5, 0.6) is 0 Å². The summed E-state index contributed by atoms with van der Waals surface area (Å²) in [6.07, 6.45) is 2.53. The highest BCUT2D eigenvalue weighted by Gasteiger charge is 2.32. The largest absolute Gasteiger partial charge is 0.305 e. The number of thiophene rings is 1. The molecule has 1 fully saturated rings. The molecule has 1 aromatic carbocycles. The number of hydrogen-bond acceptors (Lipinski definition) is 4. The van der Waals surface area contributed by atoms with Crippen LogP contribution in [-0.2, 0) is 6.54 Å². The fourth-order valence-electron chi connectivity index (χ4n) is 2.68. The van der Waals surface area contributed by atoms with Crippen LogP contribution in [0, 0.1) is 23.0 Å². The van der Waals surface area contributed by atoms with E-state index in [0.717, 1.165) is 11.1 Å². The van der Waals surface area contributed by atoms with Crippen LogP contribution in [-0.4, -0.2) is 4.92 Å². The second-order valence-electron chi connectivity index (χ2n) is 5.53. The Kier molecular flexibility index (Phi) is 4.03. The van der Waals surface area contributed by atoms with Crippen molar-refractivity contribution in [1.29, 1.82) is 0 Å². The first kappa shape index (κ1) is 14.2. The highest BCUT2D eigenvalue weighted by molar-refractivity contribution is 7.10. The minimum Gasteiger partial charge on any atom is -0.305 e. The second-order valence-corrected chi connectivity index (χ2v) is 6.51. The normalized spacial score (nSPS) is 15.9. The Balaban J connectivity index is 1.75. The van der Waals surface area contributed by atoms with Gasteiger partial charge in [-0.3, -0.25) is 10.1 Å². The van der Waals surface area contributed by atoms with Gasteiger partial charge < -0.3 is 5.32 Å². The number of benzene rings is 1. The van der Waals surface area contributed by atoms with Crippen LogP contribution in [0.4, 0.5) is 5.69 Å². The Morgan fingerprint density at radius 1 is 1.38 bits per heavy atom. The van der Waals surface area contributed by atoms with Crippen LogP contribution in [0.2, 0.25) is 0 Å². The van der Waals surface area contributed by atoms with Crippen molar-refractivity contribution >= 4 is 17.0 Å². The van der Waals surface area contributed by atoms with E-state index in [0.29, 0.717) is 18.5 Å². The first-order valence-corrected chi connectivity index (χ1v) is 8.04. The second kappa shape index (κ2) is 5.95. The fraction of sp³-hybridized carbons (Fsp3) is 0.375. The van der Waals surface area contributed by atoms with Crippen LogP contribution < -0.4 is 5.32 Å². The summed E-state index contributed by atoms with van der Waals surface area (Å²) in [5.41, 5.74) is 1.97. The minimum atomic E-state index is -0.309. The van der Waals surface area contributed by atoms with Gasteiger partial charge in [0.2, 0.25) is 0 Å². The molecule has 0 amide bonds. The molecule has 1 unspecified atom stereocenters. The van der Waals surface area contributed by atoms with E-state index in [1.165, 1.54) is 17.7 Å². The van der Waals surface area contributed by atoms with E-state index in [1.807, 2.05) is 13.0 Å². The van der Waals surface area contributed by atoms with Crippen LogP contribution in [0.3, 0.4) is 0 Å². The predicted molar refractivity (Wildman–Crippen MR) is 84.5 cm³/mol. The fourth-order valence-corrected chi connectivity index (χ4v) is 3.57. The lowest BCUT2D eigenvalue weighted by Crippen LogP contribution is -2.22. The lowest BCUT2D eigenvalue weighted by atomic mass is 10.1. The van der Waals surface area contributed by atoms with E-state index in [1.54, 1.807) is 23.5 Å². The Hall–Kier alpha value is -1.72. The number of hydrogen-bond donors (Lipinski definition) is 1. The molecule has 21 heavy (non-hydrogen) atoms. The average Bonchev–Trinajstić information content (AvgIpc) is 3.15. The van der Waals surface area contributed by atoms with Crippen LogP contribution in [0.15, 0.2) is 35.7 Å². The Morgan fingerprint density at radius 3 is 2.81 bits per heavy atom. The third kappa shape index (κ3) is 3.14. The number of nitrogens with zero attached hydrogens (tertiary/aromatic N) is 1. The summed E-state index contributed by atoms with van der Waals surface area (Å²) in [4.78, 5) is 12.1.